The smallest absolute Gasteiger partial charge is 0.410 e. The van der Waals surface area contributed by atoms with Gasteiger partial charge in [-0.3, -0.25) is 4.40 Å². The molecule has 1 aliphatic rings. The summed E-state index contributed by atoms with van der Waals surface area (Å²) in [5.41, 5.74) is 3.00. The van der Waals surface area contributed by atoms with Crippen LogP contribution in [-0.4, -0.2) is 32.5 Å². The molecule has 0 fully saturated rings. The van der Waals surface area contributed by atoms with Crippen molar-refractivity contribution in [3.8, 4) is 0 Å². The summed E-state index contributed by atoms with van der Waals surface area (Å²) < 4.78 is 7.66. The molecule has 3 heterocycles. The lowest BCUT2D eigenvalue weighted by Crippen LogP contribution is -2.40. The molecule has 0 spiro atoms. The van der Waals surface area contributed by atoms with E-state index in [1.54, 1.807) is 16.2 Å². The molecule has 0 bridgehead atoms. The van der Waals surface area contributed by atoms with Gasteiger partial charge in [-0.15, -0.1) is 11.3 Å². The lowest BCUT2D eigenvalue weighted by molar-refractivity contribution is 0.0220. The van der Waals surface area contributed by atoms with Crippen molar-refractivity contribution in [3.63, 3.8) is 0 Å². The van der Waals surface area contributed by atoms with E-state index < -0.39 is 5.60 Å². The van der Waals surface area contributed by atoms with E-state index in [2.05, 4.69) is 18.2 Å². The van der Waals surface area contributed by atoms with Gasteiger partial charge >= 0.3 is 6.09 Å². The predicted molar refractivity (Wildman–Crippen MR) is 82.9 cm³/mol. The zero-order valence-electron chi connectivity index (χ0n) is 13.2. The molecule has 1 amide bonds. The Hall–Kier alpha value is -1.56. The van der Waals surface area contributed by atoms with Crippen LogP contribution in [0, 0.1) is 13.8 Å². The van der Waals surface area contributed by atoms with Gasteiger partial charge < -0.3 is 9.64 Å². The van der Waals surface area contributed by atoms with Crippen LogP contribution in [0.3, 0.4) is 0 Å². The average Bonchev–Trinajstić information content (AvgIpc) is 2.84. The highest BCUT2D eigenvalue weighted by Crippen LogP contribution is 2.29. The van der Waals surface area contributed by atoms with Crippen LogP contribution in [0.2, 0.25) is 0 Å². The fraction of sp³-hybridized carbons (Fsp3) is 0.600. The van der Waals surface area contributed by atoms with Gasteiger partial charge in [0.2, 0.25) is 0 Å². The summed E-state index contributed by atoms with van der Waals surface area (Å²) in [6.45, 7) is 11.1. The number of carbonyl (C=O) groups is 1. The number of fused-ring (bicyclic) bond motifs is 3. The van der Waals surface area contributed by atoms with Crippen molar-refractivity contribution in [3.05, 3.63) is 22.0 Å². The number of imidazole rings is 1. The lowest BCUT2D eigenvalue weighted by atomic mass is 10.1. The van der Waals surface area contributed by atoms with Crippen molar-refractivity contribution in [1.82, 2.24) is 14.3 Å². The molecule has 0 aromatic carbocycles. The normalized spacial score (nSPS) is 15.4. The number of ether oxygens (including phenoxy) is 1. The van der Waals surface area contributed by atoms with Crippen molar-refractivity contribution >= 4 is 22.4 Å². The SMILES string of the molecule is Cc1sc2nc3c(n2c1C)CN(C(=O)OC(C)(C)C)CC3. The van der Waals surface area contributed by atoms with Crippen molar-refractivity contribution in [2.75, 3.05) is 6.54 Å². The third-order valence-corrected chi connectivity index (χ3v) is 4.78. The molecule has 0 atom stereocenters. The maximum Gasteiger partial charge on any atom is 0.410 e. The number of aryl methyl sites for hydroxylation is 2. The molecule has 2 aromatic heterocycles. The molecule has 3 rings (SSSR count). The number of hydrogen-bond acceptors (Lipinski definition) is 4. The number of amides is 1. The highest BCUT2D eigenvalue weighted by atomic mass is 32.1. The molecule has 0 aliphatic carbocycles. The summed E-state index contributed by atoms with van der Waals surface area (Å²) >= 11 is 1.71. The monoisotopic (exact) mass is 307 g/mol. The molecule has 114 valence electrons. The molecule has 21 heavy (non-hydrogen) atoms. The Morgan fingerprint density at radius 1 is 1.33 bits per heavy atom. The first-order chi connectivity index (χ1) is 9.76. The molecule has 1 aliphatic heterocycles. The van der Waals surface area contributed by atoms with Gasteiger partial charge in [0.05, 0.1) is 17.9 Å². The minimum atomic E-state index is -0.459. The fourth-order valence-corrected chi connectivity index (χ4v) is 3.61. The van der Waals surface area contributed by atoms with Gasteiger partial charge in [-0.1, -0.05) is 0 Å². The summed E-state index contributed by atoms with van der Waals surface area (Å²) in [5, 5.41) is 0. The zero-order valence-corrected chi connectivity index (χ0v) is 14.0. The van der Waals surface area contributed by atoms with Crippen LogP contribution >= 0.6 is 11.3 Å². The van der Waals surface area contributed by atoms with Crippen LogP contribution in [0.15, 0.2) is 0 Å². The Balaban J connectivity index is 1.91. The van der Waals surface area contributed by atoms with Crippen LogP contribution in [0.25, 0.3) is 4.96 Å². The van der Waals surface area contributed by atoms with E-state index in [1.807, 2.05) is 20.8 Å². The Kier molecular flexibility index (Phi) is 3.24. The highest BCUT2D eigenvalue weighted by Gasteiger charge is 2.29. The second-order valence-corrected chi connectivity index (χ2v) is 7.70. The van der Waals surface area contributed by atoms with E-state index in [9.17, 15) is 4.79 Å². The van der Waals surface area contributed by atoms with Crippen LogP contribution in [0.4, 0.5) is 4.79 Å². The Labute approximate surface area is 128 Å². The summed E-state index contributed by atoms with van der Waals surface area (Å²) in [7, 11) is 0. The minimum Gasteiger partial charge on any atom is -0.444 e. The van der Waals surface area contributed by atoms with Gasteiger partial charge in [0, 0.05) is 23.5 Å². The van der Waals surface area contributed by atoms with Gasteiger partial charge in [0.1, 0.15) is 5.60 Å². The molecule has 5 nitrogen and oxygen atoms in total. The van der Waals surface area contributed by atoms with Crippen molar-refractivity contribution in [1.29, 1.82) is 0 Å². The number of nitrogens with zero attached hydrogens (tertiary/aromatic N) is 3. The maximum atomic E-state index is 12.2. The number of rotatable bonds is 0. The largest absolute Gasteiger partial charge is 0.444 e. The van der Waals surface area contributed by atoms with Gasteiger partial charge in [0.15, 0.2) is 4.96 Å². The van der Waals surface area contributed by atoms with E-state index in [0.717, 1.165) is 22.8 Å². The second-order valence-electron chi connectivity index (χ2n) is 6.52. The van der Waals surface area contributed by atoms with E-state index >= 15 is 0 Å². The molecule has 2 aromatic rings. The molecular weight excluding hydrogens is 286 g/mol. The van der Waals surface area contributed by atoms with Gasteiger partial charge in [-0.05, 0) is 34.6 Å². The standard InChI is InChI=1S/C15H21N3O2S/c1-9-10(2)21-13-16-11-6-7-17(8-12(11)18(9)13)14(19)20-15(3,4)5/h6-8H2,1-5H3. The third kappa shape index (κ3) is 2.52. The second kappa shape index (κ2) is 4.73. The number of carbonyl (C=O) groups excluding carboxylic acids is 1. The first-order valence-electron chi connectivity index (χ1n) is 7.20. The maximum absolute atomic E-state index is 12.2. The van der Waals surface area contributed by atoms with Crippen molar-refractivity contribution in [2.45, 2.75) is 53.2 Å². The van der Waals surface area contributed by atoms with E-state index in [0.29, 0.717) is 13.1 Å². The fourth-order valence-electron chi connectivity index (χ4n) is 2.60. The van der Waals surface area contributed by atoms with Crippen molar-refractivity contribution in [2.24, 2.45) is 0 Å². The lowest BCUT2D eigenvalue weighted by Gasteiger charge is -2.29. The zero-order chi connectivity index (χ0) is 15.4. The first-order valence-corrected chi connectivity index (χ1v) is 8.02. The van der Waals surface area contributed by atoms with Crippen molar-refractivity contribution < 1.29 is 9.53 Å². The van der Waals surface area contributed by atoms with E-state index in [1.165, 1.54) is 10.6 Å². The van der Waals surface area contributed by atoms with Crippen LogP contribution < -0.4 is 0 Å². The summed E-state index contributed by atoms with van der Waals surface area (Å²) in [6.07, 6.45) is 0.550. The van der Waals surface area contributed by atoms with E-state index in [-0.39, 0.29) is 6.09 Å². The highest BCUT2D eigenvalue weighted by molar-refractivity contribution is 7.17. The van der Waals surface area contributed by atoms with Gasteiger partial charge in [-0.25, -0.2) is 9.78 Å². The molecule has 0 unspecified atom stereocenters. The van der Waals surface area contributed by atoms with Crippen LogP contribution in [0.1, 0.15) is 42.7 Å². The number of thiazole rings is 1. The van der Waals surface area contributed by atoms with Crippen LogP contribution in [0.5, 0.6) is 0 Å². The quantitative estimate of drug-likeness (QED) is 0.750. The number of aromatic nitrogens is 2. The Bertz CT molecular complexity index is 709. The summed E-state index contributed by atoms with van der Waals surface area (Å²) in [5.74, 6) is 0. The summed E-state index contributed by atoms with van der Waals surface area (Å²) in [6, 6.07) is 0. The number of hydrogen-bond donors (Lipinski definition) is 0. The molecule has 0 saturated heterocycles. The third-order valence-electron chi connectivity index (χ3n) is 3.73. The van der Waals surface area contributed by atoms with E-state index in [4.69, 9.17) is 9.72 Å². The predicted octanol–water partition coefficient (Wildman–Crippen LogP) is 3.31. The Morgan fingerprint density at radius 2 is 2.05 bits per heavy atom. The first kappa shape index (κ1) is 14.4. The van der Waals surface area contributed by atoms with Gasteiger partial charge in [0.25, 0.3) is 0 Å². The average molecular weight is 307 g/mol. The molecule has 0 saturated carbocycles. The molecular formula is C15H21N3O2S. The molecule has 0 radical (unpaired) electrons. The molecule has 0 N–H and O–H groups in total. The van der Waals surface area contributed by atoms with Crippen LogP contribution in [-0.2, 0) is 17.7 Å². The minimum absolute atomic E-state index is 0.243. The van der Waals surface area contributed by atoms with Gasteiger partial charge in [-0.2, -0.15) is 0 Å². The Morgan fingerprint density at radius 3 is 2.71 bits per heavy atom. The summed E-state index contributed by atoms with van der Waals surface area (Å²) in [4.78, 5) is 21.0. The topological polar surface area (TPSA) is 46.8 Å². The molecule has 6 heteroatoms.